The molecule has 1 saturated heterocycles. The number of amides is 1. The second kappa shape index (κ2) is 9.72. The average Bonchev–Trinajstić information content (AvgIpc) is 3.17. The number of fused-ring (bicyclic) bond motifs is 1. The maximum atomic E-state index is 11.8. The lowest BCUT2D eigenvalue weighted by Gasteiger charge is -2.17. The van der Waals surface area contributed by atoms with E-state index in [9.17, 15) is 9.59 Å². The number of nitrogens with two attached hydrogens (primary N) is 1. The number of aromatic nitrogens is 5. The standard InChI is InChI=1S/C10H10N6O.C9H15NO.CH4/c1-15-4-6(3-12-15)7-5-16-8(10(17)13-7)2-9(11)14-16;1-2-9(11)10-7-5-3-4-6-8-10;/h2-5H,1H3,(H2,11,14)(H,13,17);2H,1,3-8H2;1H4. The lowest BCUT2D eigenvalue weighted by atomic mass is 10.2. The number of rotatable bonds is 2. The van der Waals surface area contributed by atoms with Crippen molar-refractivity contribution < 1.29 is 4.79 Å². The van der Waals surface area contributed by atoms with Gasteiger partial charge in [-0.2, -0.15) is 10.2 Å². The predicted octanol–water partition coefficient (Wildman–Crippen LogP) is 2.22. The highest BCUT2D eigenvalue weighted by molar-refractivity contribution is 5.86. The normalized spacial score (nSPS) is 13.8. The topological polar surface area (TPSA) is 114 Å². The summed E-state index contributed by atoms with van der Waals surface area (Å²) in [6, 6.07) is 1.53. The molecule has 4 heterocycles. The van der Waals surface area contributed by atoms with Crippen LogP contribution in [0, 0.1) is 0 Å². The van der Waals surface area contributed by atoms with Crippen LogP contribution in [0.1, 0.15) is 33.1 Å². The van der Waals surface area contributed by atoms with Gasteiger partial charge < -0.3 is 15.6 Å². The predicted molar refractivity (Wildman–Crippen MR) is 114 cm³/mol. The zero-order valence-electron chi connectivity index (χ0n) is 16.0. The van der Waals surface area contributed by atoms with Gasteiger partial charge in [-0.25, -0.2) is 4.52 Å². The summed E-state index contributed by atoms with van der Waals surface area (Å²) >= 11 is 0. The van der Waals surface area contributed by atoms with E-state index in [1.54, 1.807) is 17.1 Å². The number of H-pyrrole nitrogens is 1. The van der Waals surface area contributed by atoms with E-state index in [4.69, 9.17) is 5.73 Å². The number of nitrogen functional groups attached to an aromatic ring is 1. The maximum absolute atomic E-state index is 11.8. The van der Waals surface area contributed by atoms with E-state index >= 15 is 0 Å². The van der Waals surface area contributed by atoms with Crippen molar-refractivity contribution in [1.82, 2.24) is 29.3 Å². The molecule has 29 heavy (non-hydrogen) atoms. The minimum atomic E-state index is -0.226. The Morgan fingerprint density at radius 2 is 1.93 bits per heavy atom. The maximum Gasteiger partial charge on any atom is 0.274 e. The molecule has 9 nitrogen and oxygen atoms in total. The number of nitrogens with zero attached hydrogens (tertiary/aromatic N) is 5. The quantitative estimate of drug-likeness (QED) is 0.641. The summed E-state index contributed by atoms with van der Waals surface area (Å²) in [4.78, 5) is 27.6. The Hall–Kier alpha value is -3.36. The number of nitrogens with one attached hydrogen (secondary N) is 1. The fourth-order valence-corrected chi connectivity index (χ4v) is 3.15. The van der Waals surface area contributed by atoms with Crippen LogP contribution in [-0.4, -0.2) is 48.3 Å². The molecule has 3 aromatic rings. The molecule has 0 saturated carbocycles. The first kappa shape index (κ1) is 21.9. The molecule has 0 aromatic carbocycles. The highest BCUT2D eigenvalue weighted by atomic mass is 16.2. The van der Waals surface area contributed by atoms with E-state index in [0.29, 0.717) is 17.0 Å². The lowest BCUT2D eigenvalue weighted by molar-refractivity contribution is -0.125. The molecule has 0 aliphatic carbocycles. The van der Waals surface area contributed by atoms with Crippen molar-refractivity contribution in [1.29, 1.82) is 0 Å². The van der Waals surface area contributed by atoms with Crippen LogP contribution in [0.25, 0.3) is 16.8 Å². The van der Waals surface area contributed by atoms with Crippen LogP contribution in [0.2, 0.25) is 0 Å². The Morgan fingerprint density at radius 3 is 2.52 bits per heavy atom. The molecule has 3 aromatic heterocycles. The third kappa shape index (κ3) is 5.34. The van der Waals surface area contributed by atoms with E-state index in [1.807, 2.05) is 18.1 Å². The van der Waals surface area contributed by atoms with Crippen LogP contribution >= 0.6 is 0 Å². The Balaban J connectivity index is 0.000000219. The highest BCUT2D eigenvalue weighted by Gasteiger charge is 2.11. The summed E-state index contributed by atoms with van der Waals surface area (Å²) in [6.07, 6.45) is 11.4. The summed E-state index contributed by atoms with van der Waals surface area (Å²) in [6.45, 7) is 5.32. The van der Waals surface area contributed by atoms with Gasteiger partial charge in [0.2, 0.25) is 5.91 Å². The van der Waals surface area contributed by atoms with E-state index < -0.39 is 0 Å². The number of anilines is 1. The molecular weight excluding hydrogens is 370 g/mol. The second-order valence-corrected chi connectivity index (χ2v) is 6.74. The zero-order chi connectivity index (χ0) is 20.1. The Morgan fingerprint density at radius 1 is 1.24 bits per heavy atom. The van der Waals surface area contributed by atoms with Crippen molar-refractivity contribution in [2.75, 3.05) is 18.8 Å². The molecular formula is C20H29N7O2. The van der Waals surface area contributed by atoms with Crippen LogP contribution in [-0.2, 0) is 11.8 Å². The third-order valence-electron chi connectivity index (χ3n) is 4.60. The molecule has 1 aliphatic heterocycles. The average molecular weight is 399 g/mol. The Kier molecular flexibility index (Phi) is 7.35. The van der Waals surface area contributed by atoms with Crippen LogP contribution in [0.5, 0.6) is 0 Å². The van der Waals surface area contributed by atoms with Crippen LogP contribution in [0.3, 0.4) is 0 Å². The molecule has 1 aliphatic rings. The van der Waals surface area contributed by atoms with Crippen molar-refractivity contribution in [3.8, 4) is 11.3 Å². The van der Waals surface area contributed by atoms with Gasteiger partial charge in [0.15, 0.2) is 0 Å². The van der Waals surface area contributed by atoms with Gasteiger partial charge in [-0.05, 0) is 18.9 Å². The number of carbonyl (C=O) groups is 1. The molecule has 9 heteroatoms. The summed E-state index contributed by atoms with van der Waals surface area (Å²) in [7, 11) is 1.81. The van der Waals surface area contributed by atoms with Crippen LogP contribution in [0.4, 0.5) is 5.82 Å². The van der Waals surface area contributed by atoms with Gasteiger partial charge in [0.1, 0.15) is 11.3 Å². The van der Waals surface area contributed by atoms with E-state index in [1.165, 1.54) is 29.5 Å². The smallest absolute Gasteiger partial charge is 0.274 e. The van der Waals surface area contributed by atoms with Gasteiger partial charge in [-0.15, -0.1) is 0 Å². The molecule has 1 fully saturated rings. The Labute approximate surface area is 169 Å². The van der Waals surface area contributed by atoms with Crippen LogP contribution < -0.4 is 11.3 Å². The summed E-state index contributed by atoms with van der Waals surface area (Å²) in [5.74, 6) is 0.408. The van der Waals surface area contributed by atoms with Gasteiger partial charge in [0.25, 0.3) is 5.56 Å². The number of aromatic amines is 1. The van der Waals surface area contributed by atoms with Crippen molar-refractivity contribution >= 4 is 17.2 Å². The van der Waals surface area contributed by atoms with Crippen molar-refractivity contribution in [3.63, 3.8) is 0 Å². The molecule has 4 rings (SSSR count). The minimum absolute atomic E-state index is 0. The summed E-state index contributed by atoms with van der Waals surface area (Å²) < 4.78 is 3.13. The summed E-state index contributed by atoms with van der Waals surface area (Å²) in [5.41, 5.74) is 7.22. The molecule has 0 unspecified atom stereocenters. The highest BCUT2D eigenvalue weighted by Crippen LogP contribution is 2.14. The summed E-state index contributed by atoms with van der Waals surface area (Å²) in [5, 5.41) is 8.06. The number of hydrogen-bond acceptors (Lipinski definition) is 5. The largest absolute Gasteiger partial charge is 0.382 e. The first-order valence-electron chi connectivity index (χ1n) is 9.26. The fourth-order valence-electron chi connectivity index (χ4n) is 3.15. The minimum Gasteiger partial charge on any atom is -0.382 e. The monoisotopic (exact) mass is 399 g/mol. The molecule has 156 valence electrons. The van der Waals surface area contributed by atoms with Gasteiger partial charge >= 0.3 is 0 Å². The van der Waals surface area contributed by atoms with Crippen LogP contribution in [0.15, 0.2) is 42.1 Å². The molecule has 0 bridgehead atoms. The Bertz CT molecular complexity index is 1020. The molecule has 0 atom stereocenters. The molecule has 1 amide bonds. The SMILES string of the molecule is C.C=CC(=O)N1CCCCCC1.Cn1cc(-c2cn3nc(N)cc3c(=O)[nH]2)cn1. The van der Waals surface area contributed by atoms with Gasteiger partial charge in [-0.3, -0.25) is 14.3 Å². The lowest BCUT2D eigenvalue weighted by Crippen LogP contribution is -2.29. The molecule has 0 spiro atoms. The van der Waals surface area contributed by atoms with Crippen molar-refractivity contribution in [2.45, 2.75) is 33.1 Å². The number of likely N-dealkylation sites (tertiary alicyclic amines) is 1. The first-order chi connectivity index (χ1) is 13.5. The molecule has 0 radical (unpaired) electrons. The van der Waals surface area contributed by atoms with Crippen molar-refractivity contribution in [2.24, 2.45) is 7.05 Å². The zero-order valence-corrected chi connectivity index (χ0v) is 16.0. The van der Waals surface area contributed by atoms with E-state index in [2.05, 4.69) is 21.8 Å². The number of aryl methyl sites for hydroxylation is 1. The van der Waals surface area contributed by atoms with Gasteiger partial charge in [0, 0.05) is 38.0 Å². The first-order valence-corrected chi connectivity index (χ1v) is 9.26. The van der Waals surface area contributed by atoms with Crippen molar-refractivity contribution in [3.05, 3.63) is 47.7 Å². The number of hydrogen-bond donors (Lipinski definition) is 2. The number of carbonyl (C=O) groups excluding carboxylic acids is 1. The van der Waals surface area contributed by atoms with E-state index in [0.717, 1.165) is 31.5 Å². The van der Waals surface area contributed by atoms with Gasteiger partial charge in [0.05, 0.1) is 18.1 Å². The fraction of sp³-hybridized carbons (Fsp3) is 0.400. The third-order valence-corrected chi connectivity index (χ3v) is 4.60. The second-order valence-electron chi connectivity index (χ2n) is 6.74. The van der Waals surface area contributed by atoms with Gasteiger partial charge in [-0.1, -0.05) is 26.8 Å². The molecule has 3 N–H and O–H groups in total. The van der Waals surface area contributed by atoms with E-state index in [-0.39, 0.29) is 18.9 Å².